The molecule has 2 heteroatoms. The molecule has 0 radical (unpaired) electrons. The average molecular weight is 147 g/mol. The maximum Gasteiger partial charge on any atom is 0.00742 e. The monoisotopic (exact) mass is 147 g/mol. The van der Waals surface area contributed by atoms with E-state index in [1.165, 1.54) is 25.9 Å². The standard InChI is InChI=1S/C7H17NS/c1-9(2,3)8-6-4-5-7-8/h4-7H2,1-3H3. The molecule has 0 saturated carbocycles. The zero-order valence-electron chi connectivity index (χ0n) is 6.68. The van der Waals surface area contributed by atoms with Crippen molar-refractivity contribution in [1.82, 2.24) is 4.31 Å². The summed E-state index contributed by atoms with van der Waals surface area (Å²) in [5.74, 6) is 0. The molecule has 1 nitrogen and oxygen atoms in total. The Labute approximate surface area is 59.9 Å². The van der Waals surface area contributed by atoms with Gasteiger partial charge in [0.15, 0.2) is 0 Å². The largest absolute Gasteiger partial charge is 0.268 e. The van der Waals surface area contributed by atoms with Gasteiger partial charge in [0, 0.05) is 13.1 Å². The number of hydrogen-bond donors (Lipinski definition) is 0. The average Bonchev–Trinajstić information content (AvgIpc) is 2.08. The lowest BCUT2D eigenvalue weighted by Gasteiger charge is -2.36. The molecule has 1 rings (SSSR count). The Bertz CT molecular complexity index is 89.6. The van der Waals surface area contributed by atoms with E-state index < -0.39 is 0 Å². The van der Waals surface area contributed by atoms with E-state index in [1.54, 1.807) is 0 Å². The van der Waals surface area contributed by atoms with Crippen LogP contribution >= 0.6 is 10.2 Å². The Morgan fingerprint density at radius 3 is 1.67 bits per heavy atom. The Hall–Kier alpha value is 0.310. The molecule has 1 heterocycles. The molecule has 0 bridgehead atoms. The third kappa shape index (κ3) is 1.87. The van der Waals surface area contributed by atoms with Gasteiger partial charge in [0.05, 0.1) is 0 Å². The van der Waals surface area contributed by atoms with Crippen molar-refractivity contribution in [3.05, 3.63) is 0 Å². The fourth-order valence-electron chi connectivity index (χ4n) is 1.24. The van der Waals surface area contributed by atoms with Crippen molar-refractivity contribution in [2.45, 2.75) is 12.8 Å². The smallest absolute Gasteiger partial charge is 0.00742 e. The van der Waals surface area contributed by atoms with Gasteiger partial charge in [-0.3, -0.25) is 4.31 Å². The summed E-state index contributed by atoms with van der Waals surface area (Å²) in [6.45, 7) is 2.69. The van der Waals surface area contributed by atoms with Crippen LogP contribution in [0.3, 0.4) is 0 Å². The van der Waals surface area contributed by atoms with Crippen LogP contribution in [0, 0.1) is 0 Å². The maximum absolute atomic E-state index is 2.63. The predicted molar refractivity (Wildman–Crippen MR) is 46.2 cm³/mol. The van der Waals surface area contributed by atoms with Gasteiger partial charge in [-0.2, -0.15) is 10.2 Å². The second-order valence-electron chi connectivity index (χ2n) is 3.41. The van der Waals surface area contributed by atoms with E-state index in [0.29, 0.717) is 0 Å². The van der Waals surface area contributed by atoms with Gasteiger partial charge in [-0.15, -0.1) is 0 Å². The number of rotatable bonds is 1. The van der Waals surface area contributed by atoms with E-state index >= 15 is 0 Å². The lowest BCUT2D eigenvalue weighted by molar-refractivity contribution is 0.574. The Morgan fingerprint density at radius 2 is 1.44 bits per heavy atom. The molecule has 9 heavy (non-hydrogen) atoms. The lowest BCUT2D eigenvalue weighted by Crippen LogP contribution is -2.21. The molecular weight excluding hydrogens is 130 g/mol. The fourth-order valence-corrected chi connectivity index (χ4v) is 2.59. The van der Waals surface area contributed by atoms with Gasteiger partial charge in [0.2, 0.25) is 0 Å². The number of nitrogens with zero attached hydrogens (tertiary/aromatic N) is 1. The van der Waals surface area contributed by atoms with Crippen LogP contribution in [-0.4, -0.2) is 36.2 Å². The summed E-state index contributed by atoms with van der Waals surface area (Å²) in [6, 6.07) is 0. The quantitative estimate of drug-likeness (QED) is 0.545. The SMILES string of the molecule is CS(C)(C)N1CCCC1. The van der Waals surface area contributed by atoms with E-state index in [2.05, 4.69) is 23.1 Å². The highest BCUT2D eigenvalue weighted by atomic mass is 32.3. The zero-order valence-corrected chi connectivity index (χ0v) is 7.50. The molecular formula is C7H17NS. The molecule has 1 aliphatic rings. The van der Waals surface area contributed by atoms with Crippen LogP contribution in [0.15, 0.2) is 0 Å². The van der Waals surface area contributed by atoms with E-state index in [1.807, 2.05) is 0 Å². The van der Waals surface area contributed by atoms with Gasteiger partial charge < -0.3 is 0 Å². The highest BCUT2D eigenvalue weighted by Gasteiger charge is 2.19. The summed E-state index contributed by atoms with van der Waals surface area (Å²) >= 11 is 0. The van der Waals surface area contributed by atoms with Crippen molar-refractivity contribution in [2.75, 3.05) is 31.9 Å². The third-order valence-electron chi connectivity index (χ3n) is 1.84. The molecule has 0 aromatic heterocycles. The fraction of sp³-hybridized carbons (Fsp3) is 1.00. The van der Waals surface area contributed by atoms with E-state index in [-0.39, 0.29) is 10.2 Å². The Balaban J connectivity index is 2.42. The molecule has 1 fully saturated rings. The molecule has 0 N–H and O–H groups in total. The molecule has 1 saturated heterocycles. The van der Waals surface area contributed by atoms with Crippen molar-refractivity contribution < 1.29 is 0 Å². The van der Waals surface area contributed by atoms with Crippen LogP contribution < -0.4 is 0 Å². The summed E-state index contributed by atoms with van der Waals surface area (Å²) in [6.07, 6.45) is 9.96. The maximum atomic E-state index is 2.63. The van der Waals surface area contributed by atoms with Gasteiger partial charge in [0.25, 0.3) is 0 Å². The van der Waals surface area contributed by atoms with Crippen molar-refractivity contribution >= 4 is 10.2 Å². The molecule has 0 aromatic carbocycles. The second-order valence-corrected chi connectivity index (χ2v) is 7.47. The van der Waals surface area contributed by atoms with Crippen LogP contribution in [-0.2, 0) is 0 Å². The lowest BCUT2D eigenvalue weighted by atomic mass is 10.4. The molecule has 1 aliphatic heterocycles. The number of hydrogen-bond acceptors (Lipinski definition) is 1. The minimum absolute atomic E-state index is 0.369. The molecule has 56 valence electrons. The van der Waals surface area contributed by atoms with Crippen LogP contribution in [0.1, 0.15) is 12.8 Å². The highest BCUT2D eigenvalue weighted by Crippen LogP contribution is 2.41. The van der Waals surface area contributed by atoms with Crippen molar-refractivity contribution in [1.29, 1.82) is 0 Å². The summed E-state index contributed by atoms with van der Waals surface area (Å²) < 4.78 is 2.63. The molecule has 0 atom stereocenters. The van der Waals surface area contributed by atoms with Gasteiger partial charge in [-0.1, -0.05) is 0 Å². The first-order chi connectivity index (χ1) is 4.11. The molecule has 0 aliphatic carbocycles. The predicted octanol–water partition coefficient (Wildman–Crippen LogP) is 1.69. The van der Waals surface area contributed by atoms with Crippen molar-refractivity contribution in [2.24, 2.45) is 0 Å². The zero-order chi connectivity index (χ0) is 6.91. The molecule has 0 amide bonds. The normalized spacial score (nSPS) is 24.8. The highest BCUT2D eigenvalue weighted by molar-refractivity contribution is 8.30. The van der Waals surface area contributed by atoms with Crippen molar-refractivity contribution in [3.8, 4) is 0 Å². The van der Waals surface area contributed by atoms with Gasteiger partial charge >= 0.3 is 0 Å². The van der Waals surface area contributed by atoms with Crippen LogP contribution in [0.5, 0.6) is 0 Å². The van der Waals surface area contributed by atoms with Crippen molar-refractivity contribution in [3.63, 3.8) is 0 Å². The summed E-state index contributed by atoms with van der Waals surface area (Å²) in [5, 5.41) is 0. The minimum Gasteiger partial charge on any atom is -0.268 e. The second kappa shape index (κ2) is 2.51. The first-order valence-corrected chi connectivity index (χ1v) is 6.35. The molecule has 0 aromatic rings. The summed E-state index contributed by atoms with van der Waals surface area (Å²) in [4.78, 5) is 0. The molecule has 0 unspecified atom stereocenters. The molecule has 0 spiro atoms. The van der Waals surface area contributed by atoms with Gasteiger partial charge in [0.1, 0.15) is 0 Å². The van der Waals surface area contributed by atoms with Crippen LogP contribution in [0.25, 0.3) is 0 Å². The van der Waals surface area contributed by atoms with E-state index in [9.17, 15) is 0 Å². The minimum atomic E-state index is -0.369. The first kappa shape index (κ1) is 7.42. The van der Waals surface area contributed by atoms with E-state index in [4.69, 9.17) is 0 Å². The van der Waals surface area contributed by atoms with Crippen LogP contribution in [0.4, 0.5) is 0 Å². The van der Waals surface area contributed by atoms with Gasteiger partial charge in [-0.05, 0) is 31.6 Å². The van der Waals surface area contributed by atoms with Gasteiger partial charge in [-0.25, -0.2) is 0 Å². The summed E-state index contributed by atoms with van der Waals surface area (Å²) in [7, 11) is -0.369. The topological polar surface area (TPSA) is 3.24 Å². The summed E-state index contributed by atoms with van der Waals surface area (Å²) in [5.41, 5.74) is 0. The van der Waals surface area contributed by atoms with Crippen LogP contribution in [0.2, 0.25) is 0 Å². The Morgan fingerprint density at radius 1 is 1.00 bits per heavy atom. The first-order valence-electron chi connectivity index (χ1n) is 3.54. The van der Waals surface area contributed by atoms with E-state index in [0.717, 1.165) is 0 Å². The third-order valence-corrected chi connectivity index (χ3v) is 3.75. The Kier molecular flexibility index (Phi) is 2.07.